The lowest BCUT2D eigenvalue weighted by Crippen LogP contribution is -2.45. The molecular weight excluding hydrogens is 300 g/mol. The van der Waals surface area contributed by atoms with Crippen LogP contribution in [0.15, 0.2) is 53.1 Å². The predicted octanol–water partition coefficient (Wildman–Crippen LogP) is 3.57. The summed E-state index contributed by atoms with van der Waals surface area (Å²) in [6.07, 6.45) is 2.75. The van der Waals surface area contributed by atoms with Crippen LogP contribution in [0.2, 0.25) is 0 Å². The van der Waals surface area contributed by atoms with Crippen molar-refractivity contribution in [1.82, 2.24) is 9.80 Å². The first-order valence-corrected chi connectivity index (χ1v) is 8.41. The van der Waals surface area contributed by atoms with Crippen molar-refractivity contribution < 1.29 is 4.42 Å². The average Bonchev–Trinajstić information content (AvgIpc) is 3.02. The zero-order chi connectivity index (χ0) is 14.5. The lowest BCUT2D eigenvalue weighted by molar-refractivity contribution is 0.194. The van der Waals surface area contributed by atoms with Gasteiger partial charge in [0.1, 0.15) is 10.1 Å². The van der Waals surface area contributed by atoms with E-state index in [2.05, 4.69) is 40.1 Å². The van der Waals surface area contributed by atoms with E-state index in [1.54, 1.807) is 18.0 Å². The first kappa shape index (κ1) is 14.6. The molecule has 2 aromatic rings. The fourth-order valence-corrected chi connectivity index (χ4v) is 3.47. The largest absolute Gasteiger partial charge is 0.468 e. The Bertz CT molecular complexity index is 571. The number of benzene rings is 1. The van der Waals surface area contributed by atoms with Crippen molar-refractivity contribution in [2.45, 2.75) is 13.0 Å². The lowest BCUT2D eigenvalue weighted by Gasteiger charge is -2.36. The van der Waals surface area contributed by atoms with Crippen LogP contribution < -0.4 is 0 Å². The summed E-state index contributed by atoms with van der Waals surface area (Å²) in [6.45, 7) is 2.67. The third kappa shape index (κ3) is 4.09. The number of thioether (sulfide) groups is 1. The Kier molecular flexibility index (Phi) is 4.95. The van der Waals surface area contributed by atoms with Crippen molar-refractivity contribution in [1.29, 1.82) is 0 Å². The minimum absolute atomic E-state index is 0.838. The Morgan fingerprint density at radius 3 is 2.76 bits per heavy atom. The van der Waals surface area contributed by atoms with Crippen molar-refractivity contribution in [3.8, 4) is 0 Å². The summed E-state index contributed by atoms with van der Waals surface area (Å²) >= 11 is 7.22. The molecule has 3 rings (SSSR count). The summed E-state index contributed by atoms with van der Waals surface area (Å²) in [5, 5.41) is 0. The maximum Gasteiger partial charge on any atom is 0.138 e. The van der Waals surface area contributed by atoms with Crippen LogP contribution in [-0.2, 0) is 13.0 Å². The molecular formula is C16H18N2OS2. The molecule has 1 aromatic heterocycles. The molecule has 0 atom stereocenters. The Morgan fingerprint density at radius 2 is 2.00 bits per heavy atom. The molecule has 0 saturated carbocycles. The Morgan fingerprint density at radius 1 is 1.14 bits per heavy atom. The number of furan rings is 1. The zero-order valence-corrected chi connectivity index (χ0v) is 13.4. The summed E-state index contributed by atoms with van der Waals surface area (Å²) in [5.41, 5.74) is 1.36. The van der Waals surface area contributed by atoms with E-state index < -0.39 is 0 Å². The van der Waals surface area contributed by atoms with Crippen LogP contribution in [-0.4, -0.2) is 33.2 Å². The highest BCUT2D eigenvalue weighted by molar-refractivity contribution is 8.22. The van der Waals surface area contributed by atoms with Crippen molar-refractivity contribution in [2.75, 3.05) is 19.1 Å². The zero-order valence-electron chi connectivity index (χ0n) is 11.8. The van der Waals surface area contributed by atoms with E-state index in [1.807, 2.05) is 12.1 Å². The van der Waals surface area contributed by atoms with Gasteiger partial charge in [0.25, 0.3) is 0 Å². The van der Waals surface area contributed by atoms with Gasteiger partial charge in [0.05, 0.1) is 25.4 Å². The molecule has 1 saturated heterocycles. The van der Waals surface area contributed by atoms with E-state index in [0.29, 0.717) is 0 Å². The SMILES string of the molecule is S=C1SCN(Cc2ccco2)CN1CCc1ccccc1. The van der Waals surface area contributed by atoms with Crippen LogP contribution in [0.5, 0.6) is 0 Å². The van der Waals surface area contributed by atoms with Gasteiger partial charge in [-0.05, 0) is 24.1 Å². The van der Waals surface area contributed by atoms with E-state index in [4.69, 9.17) is 16.6 Å². The van der Waals surface area contributed by atoms with E-state index in [-0.39, 0.29) is 0 Å². The monoisotopic (exact) mass is 318 g/mol. The minimum atomic E-state index is 0.838. The molecule has 0 radical (unpaired) electrons. The van der Waals surface area contributed by atoms with E-state index in [0.717, 1.165) is 42.1 Å². The first-order valence-electron chi connectivity index (χ1n) is 7.01. The van der Waals surface area contributed by atoms with Gasteiger partial charge in [-0.2, -0.15) is 0 Å². The second kappa shape index (κ2) is 7.11. The second-order valence-electron chi connectivity index (χ2n) is 5.09. The van der Waals surface area contributed by atoms with Crippen LogP contribution in [0, 0.1) is 0 Å². The van der Waals surface area contributed by atoms with Crippen LogP contribution in [0.25, 0.3) is 0 Å². The summed E-state index contributed by atoms with van der Waals surface area (Å²) in [4.78, 5) is 4.63. The van der Waals surface area contributed by atoms with Gasteiger partial charge in [-0.15, -0.1) is 0 Å². The van der Waals surface area contributed by atoms with Gasteiger partial charge in [0.2, 0.25) is 0 Å². The van der Waals surface area contributed by atoms with Gasteiger partial charge in [-0.25, -0.2) is 0 Å². The van der Waals surface area contributed by atoms with Crippen LogP contribution in [0.3, 0.4) is 0 Å². The van der Waals surface area contributed by atoms with Crippen molar-refractivity contribution in [3.63, 3.8) is 0 Å². The number of rotatable bonds is 5. The third-order valence-corrected chi connectivity index (χ3v) is 5.08. The third-order valence-electron chi connectivity index (χ3n) is 3.47. The van der Waals surface area contributed by atoms with Crippen molar-refractivity contribution in [3.05, 3.63) is 60.1 Å². The van der Waals surface area contributed by atoms with Gasteiger partial charge in [0.15, 0.2) is 0 Å². The summed E-state index contributed by atoms with van der Waals surface area (Å²) in [7, 11) is 0. The van der Waals surface area contributed by atoms with Gasteiger partial charge >= 0.3 is 0 Å². The van der Waals surface area contributed by atoms with Gasteiger partial charge in [0, 0.05) is 6.54 Å². The smallest absolute Gasteiger partial charge is 0.138 e. The lowest BCUT2D eigenvalue weighted by atomic mass is 10.1. The van der Waals surface area contributed by atoms with E-state index in [9.17, 15) is 0 Å². The van der Waals surface area contributed by atoms with Gasteiger partial charge in [-0.1, -0.05) is 54.3 Å². The summed E-state index contributed by atoms with van der Waals surface area (Å²) < 4.78 is 6.43. The van der Waals surface area contributed by atoms with Gasteiger partial charge < -0.3 is 9.32 Å². The molecule has 0 N–H and O–H groups in total. The fourth-order valence-electron chi connectivity index (χ4n) is 2.37. The van der Waals surface area contributed by atoms with Crippen LogP contribution in [0.1, 0.15) is 11.3 Å². The second-order valence-corrected chi connectivity index (χ2v) is 6.67. The standard InChI is InChI=1S/C16H18N2OS2/c20-16-18(9-8-14-5-2-1-3-6-14)12-17(13-21-16)11-15-7-4-10-19-15/h1-7,10H,8-9,11-13H2. The maximum atomic E-state index is 5.48. The van der Waals surface area contributed by atoms with Gasteiger partial charge in [-0.3, -0.25) is 4.90 Å². The van der Waals surface area contributed by atoms with Crippen molar-refractivity contribution >= 4 is 28.3 Å². The molecule has 1 aliphatic rings. The van der Waals surface area contributed by atoms with E-state index in [1.165, 1.54) is 5.56 Å². The fraction of sp³-hybridized carbons (Fsp3) is 0.312. The average molecular weight is 318 g/mol. The molecule has 0 spiro atoms. The van der Waals surface area contributed by atoms with Crippen LogP contribution in [0.4, 0.5) is 0 Å². The molecule has 0 amide bonds. The van der Waals surface area contributed by atoms with E-state index >= 15 is 0 Å². The highest BCUT2D eigenvalue weighted by Gasteiger charge is 2.21. The summed E-state index contributed by atoms with van der Waals surface area (Å²) in [5.74, 6) is 1.94. The molecule has 2 heterocycles. The minimum Gasteiger partial charge on any atom is -0.468 e. The molecule has 3 nitrogen and oxygen atoms in total. The van der Waals surface area contributed by atoms with Crippen LogP contribution >= 0.6 is 24.0 Å². The molecule has 110 valence electrons. The Hall–Kier alpha value is -1.30. The first-order chi connectivity index (χ1) is 10.3. The number of hydrogen-bond donors (Lipinski definition) is 0. The predicted molar refractivity (Wildman–Crippen MR) is 91.0 cm³/mol. The van der Waals surface area contributed by atoms with Crippen molar-refractivity contribution in [2.24, 2.45) is 0 Å². The normalized spacial score (nSPS) is 16.4. The highest BCUT2D eigenvalue weighted by Crippen LogP contribution is 2.21. The topological polar surface area (TPSA) is 19.6 Å². The molecule has 5 heteroatoms. The maximum absolute atomic E-state index is 5.48. The highest BCUT2D eigenvalue weighted by atomic mass is 32.2. The quantitative estimate of drug-likeness (QED) is 0.783. The number of thiocarbonyl (C=S) groups is 1. The molecule has 0 bridgehead atoms. The Labute approximate surface area is 134 Å². The Balaban J connectivity index is 1.55. The molecule has 1 aliphatic heterocycles. The number of hydrogen-bond acceptors (Lipinski definition) is 4. The molecule has 1 fully saturated rings. The molecule has 1 aromatic carbocycles. The summed E-state index contributed by atoms with van der Waals surface area (Å²) in [6, 6.07) is 14.5. The number of nitrogens with zero attached hydrogens (tertiary/aromatic N) is 2. The molecule has 21 heavy (non-hydrogen) atoms. The molecule has 0 unspecified atom stereocenters. The molecule has 0 aliphatic carbocycles.